The Labute approximate surface area is 196 Å². The second-order valence-corrected chi connectivity index (χ2v) is 12.7. The van der Waals surface area contributed by atoms with Crippen molar-refractivity contribution in [1.29, 1.82) is 0 Å². The summed E-state index contributed by atoms with van der Waals surface area (Å²) in [6.45, 7) is 12.4. The highest BCUT2D eigenvalue weighted by Crippen LogP contribution is 2.67. The summed E-state index contributed by atoms with van der Waals surface area (Å²) >= 11 is 0. The van der Waals surface area contributed by atoms with E-state index in [2.05, 4.69) is 40.7 Å². The van der Waals surface area contributed by atoms with Crippen molar-refractivity contribution in [2.75, 3.05) is 0 Å². The van der Waals surface area contributed by atoms with Crippen molar-refractivity contribution >= 4 is 12.3 Å². The maximum Gasteiger partial charge on any atom is 0.371 e. The third-order valence-corrected chi connectivity index (χ3v) is 10.6. The molecule has 8 atom stereocenters. The molecule has 4 aliphatic rings. The van der Waals surface area contributed by atoms with Gasteiger partial charge in [0, 0.05) is 6.42 Å². The van der Waals surface area contributed by atoms with Gasteiger partial charge in [0.1, 0.15) is 6.10 Å². The van der Waals surface area contributed by atoms with E-state index < -0.39 is 5.97 Å². The zero-order valence-electron chi connectivity index (χ0n) is 21.2. The van der Waals surface area contributed by atoms with Crippen LogP contribution in [0.25, 0.3) is 0 Å². The summed E-state index contributed by atoms with van der Waals surface area (Å²) in [5.74, 6) is 4.35. The number of esters is 1. The molecule has 3 heteroatoms. The molecule has 0 spiro atoms. The van der Waals surface area contributed by atoms with Gasteiger partial charge in [-0.1, -0.05) is 65.5 Å². The Bertz CT molecular complexity index is 739. The number of hydrogen-bond donors (Lipinski definition) is 0. The van der Waals surface area contributed by atoms with E-state index in [1.54, 1.807) is 0 Å². The van der Waals surface area contributed by atoms with Crippen molar-refractivity contribution in [2.45, 2.75) is 111 Å². The molecule has 0 radical (unpaired) electrons. The highest BCUT2D eigenvalue weighted by Gasteiger charge is 2.59. The molecule has 0 aliphatic heterocycles. The van der Waals surface area contributed by atoms with Gasteiger partial charge in [0.05, 0.1) is 0 Å². The molecule has 4 rings (SSSR count). The van der Waals surface area contributed by atoms with Crippen molar-refractivity contribution in [1.82, 2.24) is 0 Å². The Balaban J connectivity index is 1.46. The first-order valence-electron chi connectivity index (χ1n) is 13.5. The summed E-state index contributed by atoms with van der Waals surface area (Å²) in [5, 5.41) is 0. The second-order valence-electron chi connectivity index (χ2n) is 12.7. The number of allylic oxidation sites excluding steroid dienone is 1. The molecule has 3 fully saturated rings. The molecule has 0 aromatic heterocycles. The van der Waals surface area contributed by atoms with E-state index in [9.17, 15) is 9.59 Å². The van der Waals surface area contributed by atoms with Crippen molar-refractivity contribution in [3.8, 4) is 0 Å². The van der Waals surface area contributed by atoms with Gasteiger partial charge in [0.2, 0.25) is 6.29 Å². The Kier molecular flexibility index (Phi) is 6.95. The van der Waals surface area contributed by atoms with Gasteiger partial charge in [0.15, 0.2) is 0 Å². The molecule has 0 saturated heterocycles. The maximum absolute atomic E-state index is 11.5. The molecule has 0 amide bonds. The number of rotatable bonds is 7. The van der Waals surface area contributed by atoms with E-state index >= 15 is 0 Å². The van der Waals surface area contributed by atoms with Crippen LogP contribution in [0, 0.1) is 46.3 Å². The van der Waals surface area contributed by atoms with Gasteiger partial charge in [-0.3, -0.25) is 4.79 Å². The van der Waals surface area contributed by atoms with E-state index in [0.717, 1.165) is 54.8 Å². The van der Waals surface area contributed by atoms with Crippen LogP contribution in [0.3, 0.4) is 0 Å². The average molecular weight is 443 g/mol. The molecule has 3 saturated carbocycles. The summed E-state index contributed by atoms with van der Waals surface area (Å²) in [6, 6.07) is 0. The van der Waals surface area contributed by atoms with E-state index in [0.29, 0.717) is 11.7 Å². The molecular formula is C29H46O3. The van der Waals surface area contributed by atoms with Crippen molar-refractivity contribution < 1.29 is 14.3 Å². The van der Waals surface area contributed by atoms with Crippen LogP contribution in [0.2, 0.25) is 0 Å². The van der Waals surface area contributed by atoms with E-state index in [1.807, 2.05) is 0 Å². The SMILES string of the molecule is CC(C)CCC[C@@H](C)[C@H]1CC[C@H]2[C@@H]3CC=C4C[C@@H](OC(=O)C=O)CC[C@]4(C)[C@H]3CC[C@]12C. The van der Waals surface area contributed by atoms with Crippen LogP contribution in [0.4, 0.5) is 0 Å². The number of hydrogen-bond acceptors (Lipinski definition) is 3. The maximum atomic E-state index is 11.5. The Morgan fingerprint density at radius 3 is 2.59 bits per heavy atom. The first-order valence-corrected chi connectivity index (χ1v) is 13.5. The number of aldehydes is 1. The molecule has 0 aromatic rings. The Hall–Kier alpha value is -1.12. The van der Waals surface area contributed by atoms with E-state index in [1.165, 1.54) is 56.9 Å². The van der Waals surface area contributed by atoms with Crippen LogP contribution in [0.15, 0.2) is 11.6 Å². The summed E-state index contributed by atoms with van der Waals surface area (Å²) in [6.07, 6.45) is 16.5. The van der Waals surface area contributed by atoms with Crippen molar-refractivity contribution in [3.05, 3.63) is 11.6 Å². The minimum absolute atomic E-state index is 0.111. The standard InChI is InChI=1S/C29H46O3/c1-19(2)7-6-8-20(3)24-11-12-25-23-10-9-21-17-22(32-27(31)18-30)13-15-28(21,4)26(23)14-16-29(24,25)5/h9,18-20,22-26H,6-8,10-17H2,1-5H3/t20-,22+,23+,24-,25+,26+,28+,29-/m1/s1. The molecule has 3 nitrogen and oxygen atoms in total. The van der Waals surface area contributed by atoms with Crippen LogP contribution in [0.5, 0.6) is 0 Å². The molecule has 32 heavy (non-hydrogen) atoms. The van der Waals surface area contributed by atoms with Gasteiger partial charge < -0.3 is 4.74 Å². The first kappa shape index (κ1) is 24.0. The normalized spacial score (nSPS) is 41.8. The fourth-order valence-electron chi connectivity index (χ4n) is 8.94. The number of fused-ring (bicyclic) bond motifs is 5. The smallest absolute Gasteiger partial charge is 0.371 e. The zero-order chi connectivity index (χ0) is 23.1. The van der Waals surface area contributed by atoms with Crippen LogP contribution < -0.4 is 0 Å². The second kappa shape index (κ2) is 9.26. The monoisotopic (exact) mass is 442 g/mol. The molecule has 0 N–H and O–H groups in total. The minimum atomic E-state index is -0.708. The number of carbonyl (C=O) groups excluding carboxylic acids is 2. The first-order chi connectivity index (χ1) is 15.2. The van der Waals surface area contributed by atoms with Gasteiger partial charge in [-0.05, 0) is 91.3 Å². The van der Waals surface area contributed by atoms with Gasteiger partial charge in [-0.15, -0.1) is 0 Å². The predicted octanol–water partition coefficient (Wildman–Crippen LogP) is 7.14. The van der Waals surface area contributed by atoms with Crippen LogP contribution in [-0.4, -0.2) is 18.4 Å². The minimum Gasteiger partial charge on any atom is -0.457 e. The predicted molar refractivity (Wildman–Crippen MR) is 129 cm³/mol. The quantitative estimate of drug-likeness (QED) is 0.182. The lowest BCUT2D eigenvalue weighted by molar-refractivity contribution is -0.155. The molecular weight excluding hydrogens is 396 g/mol. The van der Waals surface area contributed by atoms with Crippen LogP contribution in [-0.2, 0) is 14.3 Å². The van der Waals surface area contributed by atoms with Crippen molar-refractivity contribution in [2.24, 2.45) is 46.3 Å². The van der Waals surface area contributed by atoms with E-state index in [-0.39, 0.29) is 11.5 Å². The molecule has 180 valence electrons. The summed E-state index contributed by atoms with van der Waals surface area (Å²) in [4.78, 5) is 22.2. The summed E-state index contributed by atoms with van der Waals surface area (Å²) < 4.78 is 5.40. The third-order valence-electron chi connectivity index (χ3n) is 10.6. The zero-order valence-corrected chi connectivity index (χ0v) is 21.2. The average Bonchev–Trinajstić information content (AvgIpc) is 3.11. The lowest BCUT2D eigenvalue weighted by Crippen LogP contribution is -2.51. The van der Waals surface area contributed by atoms with Gasteiger partial charge in [0.25, 0.3) is 0 Å². The molecule has 0 bridgehead atoms. The van der Waals surface area contributed by atoms with Crippen LogP contribution in [0.1, 0.15) is 105 Å². The largest absolute Gasteiger partial charge is 0.457 e. The molecule has 0 aromatic carbocycles. The Morgan fingerprint density at radius 2 is 1.88 bits per heavy atom. The number of ether oxygens (including phenoxy) is 1. The fraction of sp³-hybridized carbons (Fsp3) is 0.862. The molecule has 4 aliphatic carbocycles. The number of carbonyl (C=O) groups is 2. The summed E-state index contributed by atoms with van der Waals surface area (Å²) in [5.41, 5.74) is 2.29. The Morgan fingerprint density at radius 1 is 1.09 bits per heavy atom. The van der Waals surface area contributed by atoms with Crippen molar-refractivity contribution in [3.63, 3.8) is 0 Å². The summed E-state index contributed by atoms with van der Waals surface area (Å²) in [7, 11) is 0. The van der Waals surface area contributed by atoms with E-state index in [4.69, 9.17) is 4.74 Å². The van der Waals surface area contributed by atoms with Gasteiger partial charge in [-0.2, -0.15) is 0 Å². The molecule has 0 heterocycles. The highest BCUT2D eigenvalue weighted by molar-refractivity contribution is 6.20. The molecule has 0 unspecified atom stereocenters. The van der Waals surface area contributed by atoms with Crippen LogP contribution >= 0.6 is 0 Å². The third kappa shape index (κ3) is 4.23. The lowest BCUT2D eigenvalue weighted by Gasteiger charge is -2.58. The van der Waals surface area contributed by atoms with Gasteiger partial charge in [-0.25, -0.2) is 4.79 Å². The highest BCUT2D eigenvalue weighted by atomic mass is 16.5. The fourth-order valence-corrected chi connectivity index (χ4v) is 8.94. The topological polar surface area (TPSA) is 43.4 Å². The van der Waals surface area contributed by atoms with Gasteiger partial charge >= 0.3 is 5.97 Å². The lowest BCUT2D eigenvalue weighted by atomic mass is 9.47.